The summed E-state index contributed by atoms with van der Waals surface area (Å²) in [4.78, 5) is 0. The highest BCUT2D eigenvalue weighted by molar-refractivity contribution is 6.34. The van der Waals surface area contributed by atoms with Crippen molar-refractivity contribution in [1.82, 2.24) is 0 Å². The summed E-state index contributed by atoms with van der Waals surface area (Å²) in [5.41, 5.74) is 0.634. The van der Waals surface area contributed by atoms with Crippen LogP contribution in [0, 0.1) is 0 Å². The minimum atomic E-state index is 0.120. The Bertz CT molecular complexity index is 284. The molecule has 0 aliphatic rings. The molecule has 1 aromatic rings. The highest BCUT2D eigenvalue weighted by Gasteiger charge is 2.02. The van der Waals surface area contributed by atoms with E-state index in [2.05, 4.69) is 0 Å². The summed E-state index contributed by atoms with van der Waals surface area (Å²) in [6.45, 7) is 3.91. The van der Waals surface area contributed by atoms with Crippen molar-refractivity contribution in [2.24, 2.45) is 0 Å². The minimum Gasteiger partial charge on any atom is -0.497 e. The van der Waals surface area contributed by atoms with E-state index in [0.717, 1.165) is 5.75 Å². The van der Waals surface area contributed by atoms with Gasteiger partial charge in [-0.25, -0.2) is 0 Å². The van der Waals surface area contributed by atoms with E-state index in [1.54, 1.807) is 19.2 Å². The quantitative estimate of drug-likeness (QED) is 0.645. The third-order valence-corrected chi connectivity index (χ3v) is 1.58. The van der Waals surface area contributed by atoms with Crippen molar-refractivity contribution in [2.45, 2.75) is 20.0 Å². The predicted molar refractivity (Wildman–Crippen MR) is 54.1 cm³/mol. The van der Waals surface area contributed by atoms with Gasteiger partial charge in [0.25, 0.3) is 0 Å². The summed E-state index contributed by atoms with van der Waals surface area (Å²) in [6.07, 6.45) is 0.120. The van der Waals surface area contributed by atoms with Gasteiger partial charge in [0.1, 0.15) is 19.3 Å². The fourth-order valence-electron chi connectivity index (χ4n) is 0.998. The molecule has 2 radical (unpaired) electrons. The second kappa shape index (κ2) is 4.22. The summed E-state index contributed by atoms with van der Waals surface area (Å²) < 4.78 is 10.5. The predicted octanol–water partition coefficient (Wildman–Crippen LogP) is 1.28. The number of rotatable bonds is 3. The highest BCUT2D eigenvalue weighted by Crippen LogP contribution is 2.17. The van der Waals surface area contributed by atoms with E-state index in [1.165, 1.54) is 0 Å². The lowest BCUT2D eigenvalue weighted by Crippen LogP contribution is -2.14. The molecule has 3 heteroatoms. The van der Waals surface area contributed by atoms with Crippen molar-refractivity contribution in [2.75, 3.05) is 7.11 Å². The van der Waals surface area contributed by atoms with Gasteiger partial charge in [-0.1, -0.05) is 11.5 Å². The monoisotopic (exact) mass is 176 g/mol. The molecule has 0 unspecified atom stereocenters. The average Bonchev–Trinajstić information content (AvgIpc) is 2.08. The van der Waals surface area contributed by atoms with E-state index in [-0.39, 0.29) is 6.10 Å². The smallest absolute Gasteiger partial charge is 0.122 e. The Morgan fingerprint density at radius 3 is 2.54 bits per heavy atom. The van der Waals surface area contributed by atoms with Gasteiger partial charge in [-0.15, -0.1) is 0 Å². The maximum Gasteiger partial charge on any atom is 0.122 e. The molecule has 0 heterocycles. The van der Waals surface area contributed by atoms with Crippen molar-refractivity contribution in [3.05, 3.63) is 18.2 Å². The molecule has 0 amide bonds. The van der Waals surface area contributed by atoms with Crippen LogP contribution in [0.5, 0.6) is 11.5 Å². The van der Waals surface area contributed by atoms with Crippen LogP contribution in [0.25, 0.3) is 0 Å². The summed E-state index contributed by atoms with van der Waals surface area (Å²) in [5.74, 6) is 1.43. The van der Waals surface area contributed by atoms with E-state index >= 15 is 0 Å². The first-order valence-corrected chi connectivity index (χ1v) is 4.23. The summed E-state index contributed by atoms with van der Waals surface area (Å²) in [5, 5.41) is 0. The molecule has 0 aliphatic heterocycles. The Labute approximate surface area is 80.3 Å². The molecule has 1 aromatic carbocycles. The van der Waals surface area contributed by atoms with Crippen LogP contribution in [-0.4, -0.2) is 21.1 Å². The number of benzene rings is 1. The van der Waals surface area contributed by atoms with Crippen molar-refractivity contribution in [1.29, 1.82) is 0 Å². The zero-order chi connectivity index (χ0) is 9.84. The van der Waals surface area contributed by atoms with Gasteiger partial charge in [0.15, 0.2) is 0 Å². The van der Waals surface area contributed by atoms with Crippen LogP contribution in [0.3, 0.4) is 0 Å². The first-order chi connectivity index (χ1) is 6.13. The van der Waals surface area contributed by atoms with Crippen LogP contribution in [0.15, 0.2) is 18.2 Å². The minimum absolute atomic E-state index is 0.120. The highest BCUT2D eigenvalue weighted by atomic mass is 16.5. The Balaban J connectivity index is 2.90. The molecule has 1 rings (SSSR count). The van der Waals surface area contributed by atoms with Gasteiger partial charge in [0, 0.05) is 6.07 Å². The summed E-state index contributed by atoms with van der Waals surface area (Å²) in [6, 6.07) is 5.37. The van der Waals surface area contributed by atoms with Gasteiger partial charge in [0.05, 0.1) is 13.2 Å². The average molecular weight is 176 g/mol. The molecule has 0 N–H and O–H groups in total. The lowest BCUT2D eigenvalue weighted by molar-refractivity contribution is 0.243. The normalized spacial score (nSPS) is 10.2. The van der Waals surface area contributed by atoms with Crippen LogP contribution in [0.4, 0.5) is 0 Å². The first kappa shape index (κ1) is 9.97. The second-order valence-electron chi connectivity index (χ2n) is 3.07. The van der Waals surface area contributed by atoms with E-state index in [0.29, 0.717) is 11.2 Å². The van der Waals surface area contributed by atoms with Crippen LogP contribution < -0.4 is 14.9 Å². The van der Waals surface area contributed by atoms with E-state index in [4.69, 9.17) is 17.3 Å². The van der Waals surface area contributed by atoms with Gasteiger partial charge in [-0.05, 0) is 19.9 Å². The molecule has 68 valence electrons. The van der Waals surface area contributed by atoms with Crippen LogP contribution in [0.1, 0.15) is 13.8 Å². The number of hydrogen-bond donors (Lipinski definition) is 0. The lowest BCUT2D eigenvalue weighted by atomic mass is 9.95. The summed E-state index contributed by atoms with van der Waals surface area (Å²) >= 11 is 0. The molecule has 0 saturated carbocycles. The van der Waals surface area contributed by atoms with E-state index in [1.807, 2.05) is 19.9 Å². The van der Waals surface area contributed by atoms with E-state index < -0.39 is 0 Å². The molecule has 0 atom stereocenters. The molecule has 0 saturated heterocycles. The molecule has 0 aromatic heterocycles. The zero-order valence-corrected chi connectivity index (χ0v) is 8.20. The first-order valence-electron chi connectivity index (χ1n) is 4.23. The Morgan fingerprint density at radius 1 is 1.31 bits per heavy atom. The number of methoxy groups -OCH3 is 1. The van der Waals surface area contributed by atoms with Gasteiger partial charge >= 0.3 is 0 Å². The lowest BCUT2D eigenvalue weighted by Gasteiger charge is -2.13. The van der Waals surface area contributed by atoms with Gasteiger partial charge in [-0.3, -0.25) is 0 Å². The Hall–Kier alpha value is -1.12. The maximum atomic E-state index is 5.71. The third-order valence-electron chi connectivity index (χ3n) is 1.58. The van der Waals surface area contributed by atoms with Gasteiger partial charge in [-0.2, -0.15) is 0 Å². The van der Waals surface area contributed by atoms with E-state index in [9.17, 15) is 0 Å². The number of ether oxygens (including phenoxy) is 2. The molecule has 0 aliphatic carbocycles. The Morgan fingerprint density at radius 2 is 2.00 bits per heavy atom. The molecule has 0 spiro atoms. The second-order valence-corrected chi connectivity index (χ2v) is 3.07. The molecule has 2 nitrogen and oxygen atoms in total. The largest absolute Gasteiger partial charge is 0.497 e. The van der Waals surface area contributed by atoms with Gasteiger partial charge < -0.3 is 9.47 Å². The molecule has 0 bridgehead atoms. The van der Waals surface area contributed by atoms with Crippen molar-refractivity contribution in [3.8, 4) is 11.5 Å². The maximum absolute atomic E-state index is 5.71. The number of hydrogen-bond acceptors (Lipinski definition) is 2. The molecular weight excluding hydrogens is 163 g/mol. The zero-order valence-electron chi connectivity index (χ0n) is 8.20. The Kier molecular flexibility index (Phi) is 3.23. The fraction of sp³-hybridized carbons (Fsp3) is 0.400. The van der Waals surface area contributed by atoms with Gasteiger partial charge in [0.2, 0.25) is 0 Å². The van der Waals surface area contributed by atoms with Crippen molar-refractivity contribution < 1.29 is 9.47 Å². The van der Waals surface area contributed by atoms with Crippen LogP contribution in [0.2, 0.25) is 0 Å². The fourth-order valence-corrected chi connectivity index (χ4v) is 0.998. The van der Waals surface area contributed by atoms with Crippen LogP contribution >= 0.6 is 0 Å². The van der Waals surface area contributed by atoms with Crippen LogP contribution in [-0.2, 0) is 0 Å². The van der Waals surface area contributed by atoms with Crippen molar-refractivity contribution >= 4 is 13.3 Å². The van der Waals surface area contributed by atoms with Crippen molar-refractivity contribution in [3.63, 3.8) is 0 Å². The standard InChI is InChI=1S/C10H13BO2/c1-7(2)13-10-6-8(12-3)4-5-9(10)11/h4-7H,1-3H3. The topological polar surface area (TPSA) is 18.5 Å². The molecule has 0 fully saturated rings. The summed E-state index contributed by atoms with van der Waals surface area (Å²) in [7, 11) is 7.33. The third kappa shape index (κ3) is 2.69. The molecule has 13 heavy (non-hydrogen) atoms. The molecular formula is C10H13BO2. The SMILES string of the molecule is [B]c1ccc(OC)cc1OC(C)C.